The Balaban J connectivity index is 1.74. The minimum Gasteiger partial charge on any atom is -0.468 e. The third-order valence-electron chi connectivity index (χ3n) is 4.16. The molecular formula is C19H19F3N6O3. The number of rotatable bonds is 8. The van der Waals surface area contributed by atoms with Gasteiger partial charge in [0.05, 0.1) is 17.4 Å². The van der Waals surface area contributed by atoms with Crippen LogP contribution in [-0.2, 0) is 11.3 Å². The zero-order valence-corrected chi connectivity index (χ0v) is 16.4. The number of amides is 2. The van der Waals surface area contributed by atoms with Crippen molar-refractivity contribution < 1.29 is 27.5 Å². The number of aryl methyl sites for hydroxylation is 1. The zero-order chi connectivity index (χ0) is 22.6. The number of ether oxygens (including phenoxy) is 1. The molecule has 3 rings (SSSR count). The number of hydrogen-bond donors (Lipinski definition) is 2. The molecule has 3 heterocycles. The summed E-state index contributed by atoms with van der Waals surface area (Å²) < 4.78 is 43.2. The maximum absolute atomic E-state index is 12.4. The highest BCUT2D eigenvalue weighted by Crippen LogP contribution is 2.21. The lowest BCUT2D eigenvalue weighted by Crippen LogP contribution is -2.28. The maximum Gasteiger partial charge on any atom is 0.422 e. The Bertz CT molecular complexity index is 1110. The van der Waals surface area contributed by atoms with Crippen molar-refractivity contribution in [3.63, 3.8) is 0 Å². The van der Waals surface area contributed by atoms with Gasteiger partial charge in [0.25, 0.3) is 5.91 Å². The Morgan fingerprint density at radius 1 is 1.29 bits per heavy atom. The molecule has 0 atom stereocenters. The molecule has 0 saturated carbocycles. The minimum atomic E-state index is -4.44. The average Bonchev–Trinajstić information content (AvgIpc) is 3.08. The summed E-state index contributed by atoms with van der Waals surface area (Å²) in [5.41, 5.74) is 6.88. The molecule has 0 aliphatic heterocycles. The van der Waals surface area contributed by atoms with Crippen molar-refractivity contribution in [2.45, 2.75) is 26.1 Å². The Hall–Kier alpha value is -3.70. The molecule has 0 aliphatic carbocycles. The molecule has 0 spiro atoms. The smallest absolute Gasteiger partial charge is 0.422 e. The molecule has 3 N–H and O–H groups in total. The summed E-state index contributed by atoms with van der Waals surface area (Å²) in [6.07, 6.45) is 0.0481. The van der Waals surface area contributed by atoms with Crippen molar-refractivity contribution in [1.82, 2.24) is 25.1 Å². The van der Waals surface area contributed by atoms with Gasteiger partial charge in [-0.1, -0.05) is 0 Å². The Morgan fingerprint density at radius 3 is 2.74 bits per heavy atom. The van der Waals surface area contributed by atoms with E-state index < -0.39 is 24.6 Å². The summed E-state index contributed by atoms with van der Waals surface area (Å²) >= 11 is 0. The number of halogens is 3. The highest BCUT2D eigenvalue weighted by Gasteiger charge is 2.29. The number of carbonyl (C=O) groups is 2. The second kappa shape index (κ2) is 8.98. The number of hydrogen-bond acceptors (Lipinski definition) is 6. The zero-order valence-electron chi connectivity index (χ0n) is 16.4. The third-order valence-corrected chi connectivity index (χ3v) is 4.16. The van der Waals surface area contributed by atoms with E-state index in [-0.39, 0.29) is 31.1 Å². The van der Waals surface area contributed by atoms with Gasteiger partial charge in [-0.3, -0.25) is 19.3 Å². The molecule has 0 aromatic carbocycles. The van der Waals surface area contributed by atoms with Crippen molar-refractivity contribution in [3.8, 4) is 5.88 Å². The van der Waals surface area contributed by atoms with Gasteiger partial charge in [0.1, 0.15) is 5.69 Å². The number of nitrogens with two attached hydrogens (primary N) is 1. The second-order valence-electron chi connectivity index (χ2n) is 6.76. The van der Waals surface area contributed by atoms with Crippen LogP contribution in [0.2, 0.25) is 0 Å². The SMILES string of the molecule is Cc1cc(Cn2cc3c(C(=O)NCCC(N)=O)nccc3n2)cnc1OCC(F)(F)F. The molecule has 164 valence electrons. The second-order valence-corrected chi connectivity index (χ2v) is 6.76. The topological polar surface area (TPSA) is 125 Å². The molecule has 3 aromatic heterocycles. The number of pyridine rings is 2. The van der Waals surface area contributed by atoms with Crippen molar-refractivity contribution in [2.24, 2.45) is 5.73 Å². The van der Waals surface area contributed by atoms with E-state index in [2.05, 4.69) is 20.4 Å². The number of primary amides is 1. The highest BCUT2D eigenvalue weighted by atomic mass is 19.4. The Labute approximate surface area is 174 Å². The average molecular weight is 436 g/mol. The molecule has 3 aromatic rings. The molecular weight excluding hydrogens is 417 g/mol. The highest BCUT2D eigenvalue weighted by molar-refractivity contribution is 6.04. The lowest BCUT2D eigenvalue weighted by molar-refractivity contribution is -0.154. The van der Waals surface area contributed by atoms with Crippen molar-refractivity contribution in [3.05, 3.63) is 47.5 Å². The van der Waals surface area contributed by atoms with Gasteiger partial charge >= 0.3 is 6.18 Å². The first-order chi connectivity index (χ1) is 14.6. The molecule has 0 fully saturated rings. The monoisotopic (exact) mass is 436 g/mol. The number of carbonyl (C=O) groups excluding carboxylic acids is 2. The van der Waals surface area contributed by atoms with E-state index in [0.29, 0.717) is 22.0 Å². The largest absolute Gasteiger partial charge is 0.468 e. The summed E-state index contributed by atoms with van der Waals surface area (Å²) in [4.78, 5) is 31.2. The molecule has 0 unspecified atom stereocenters. The fraction of sp³-hybridized carbons (Fsp3) is 0.316. The quantitative estimate of drug-likeness (QED) is 0.554. The fourth-order valence-corrected chi connectivity index (χ4v) is 2.83. The standard InChI is InChI=1S/C19H19F3N6O3/c1-11-6-12(7-26-18(11)31-10-19(20,21)22)8-28-9-13-14(27-28)2-4-24-16(13)17(30)25-5-3-15(23)29/h2,4,6-7,9H,3,5,8,10H2,1H3,(H2,23,29)(H,25,30). The van der Waals surface area contributed by atoms with E-state index in [9.17, 15) is 22.8 Å². The van der Waals surface area contributed by atoms with E-state index >= 15 is 0 Å². The van der Waals surface area contributed by atoms with Gasteiger partial charge in [0.2, 0.25) is 11.8 Å². The molecule has 9 nitrogen and oxygen atoms in total. The van der Waals surface area contributed by atoms with E-state index in [0.717, 1.165) is 0 Å². The van der Waals surface area contributed by atoms with Crippen molar-refractivity contribution >= 4 is 22.7 Å². The van der Waals surface area contributed by atoms with Gasteiger partial charge < -0.3 is 15.8 Å². The van der Waals surface area contributed by atoms with Gasteiger partial charge in [-0.25, -0.2) is 4.98 Å². The summed E-state index contributed by atoms with van der Waals surface area (Å²) in [7, 11) is 0. The number of nitrogens with zero attached hydrogens (tertiary/aromatic N) is 4. The minimum absolute atomic E-state index is 0.00993. The summed E-state index contributed by atoms with van der Waals surface area (Å²) in [6, 6.07) is 3.30. The lowest BCUT2D eigenvalue weighted by atomic mass is 10.2. The van der Waals surface area contributed by atoms with E-state index in [1.807, 2.05) is 0 Å². The molecule has 0 saturated heterocycles. The fourth-order valence-electron chi connectivity index (χ4n) is 2.83. The summed E-state index contributed by atoms with van der Waals surface area (Å²) in [5, 5.41) is 7.48. The van der Waals surface area contributed by atoms with Crippen LogP contribution in [0.25, 0.3) is 10.9 Å². The first-order valence-electron chi connectivity index (χ1n) is 9.16. The van der Waals surface area contributed by atoms with Crippen LogP contribution in [0.4, 0.5) is 13.2 Å². The van der Waals surface area contributed by atoms with E-state index in [4.69, 9.17) is 10.5 Å². The first kappa shape index (κ1) is 22.0. The van der Waals surface area contributed by atoms with Gasteiger partial charge in [-0.2, -0.15) is 18.3 Å². The maximum atomic E-state index is 12.4. The first-order valence-corrected chi connectivity index (χ1v) is 9.16. The molecule has 0 radical (unpaired) electrons. The number of aromatic nitrogens is 4. The van der Waals surface area contributed by atoms with Crippen molar-refractivity contribution in [1.29, 1.82) is 0 Å². The van der Waals surface area contributed by atoms with Crippen LogP contribution >= 0.6 is 0 Å². The number of alkyl halides is 3. The van der Waals surface area contributed by atoms with Gasteiger partial charge in [0.15, 0.2) is 6.61 Å². The predicted octanol–water partition coefficient (Wildman–Crippen LogP) is 1.73. The van der Waals surface area contributed by atoms with Crippen LogP contribution in [0.1, 0.15) is 28.0 Å². The van der Waals surface area contributed by atoms with E-state index in [1.165, 1.54) is 12.4 Å². The normalized spacial score (nSPS) is 11.5. The summed E-state index contributed by atoms with van der Waals surface area (Å²) in [6.45, 7) is 0.543. The molecule has 2 amide bonds. The van der Waals surface area contributed by atoms with Crippen molar-refractivity contribution in [2.75, 3.05) is 13.2 Å². The Kier molecular flexibility index (Phi) is 6.37. The molecule has 12 heteroatoms. The van der Waals surface area contributed by atoms with Gasteiger partial charge in [0, 0.05) is 37.1 Å². The lowest BCUT2D eigenvalue weighted by Gasteiger charge is -2.11. The van der Waals surface area contributed by atoms with Crippen LogP contribution in [0.5, 0.6) is 5.88 Å². The predicted molar refractivity (Wildman–Crippen MR) is 103 cm³/mol. The van der Waals surface area contributed by atoms with Crippen LogP contribution in [0.3, 0.4) is 0 Å². The van der Waals surface area contributed by atoms with E-state index in [1.54, 1.807) is 29.9 Å². The van der Waals surface area contributed by atoms with Crippen LogP contribution < -0.4 is 15.8 Å². The molecule has 0 aliphatic rings. The van der Waals surface area contributed by atoms with Crippen LogP contribution in [0.15, 0.2) is 30.7 Å². The van der Waals surface area contributed by atoms with Gasteiger partial charge in [-0.15, -0.1) is 0 Å². The number of nitrogens with one attached hydrogen (secondary N) is 1. The van der Waals surface area contributed by atoms with Crippen LogP contribution in [-0.4, -0.2) is 50.9 Å². The summed E-state index contributed by atoms with van der Waals surface area (Å²) in [5.74, 6) is -1.08. The number of fused-ring (bicyclic) bond motifs is 1. The third kappa shape index (κ3) is 5.90. The Morgan fingerprint density at radius 2 is 2.06 bits per heavy atom. The van der Waals surface area contributed by atoms with Gasteiger partial charge in [-0.05, 0) is 24.6 Å². The molecule has 31 heavy (non-hydrogen) atoms. The van der Waals surface area contributed by atoms with Crippen LogP contribution in [0, 0.1) is 6.92 Å². The molecule has 0 bridgehead atoms.